The zero-order valence-corrected chi connectivity index (χ0v) is 11.7. The van der Waals surface area contributed by atoms with Crippen LogP contribution in [0.15, 0.2) is 12.1 Å². The summed E-state index contributed by atoms with van der Waals surface area (Å²) in [5, 5.41) is 21.7. The van der Waals surface area contributed by atoms with Crippen molar-refractivity contribution in [2.24, 2.45) is 5.41 Å². The smallest absolute Gasteiger partial charge is 0.309 e. The molecule has 0 aliphatic rings. The van der Waals surface area contributed by atoms with Gasteiger partial charge >= 0.3 is 5.97 Å². The molecule has 19 heavy (non-hydrogen) atoms. The van der Waals surface area contributed by atoms with Crippen molar-refractivity contribution in [3.8, 4) is 5.75 Å². The highest BCUT2D eigenvalue weighted by Crippen LogP contribution is 2.37. The van der Waals surface area contributed by atoms with Gasteiger partial charge in [0, 0.05) is 11.9 Å². The molecule has 0 aliphatic heterocycles. The van der Waals surface area contributed by atoms with Crippen LogP contribution in [-0.2, 0) is 16.0 Å². The maximum absolute atomic E-state index is 11.2. The summed E-state index contributed by atoms with van der Waals surface area (Å²) in [7, 11) is 0. The number of halogens is 1. The Morgan fingerprint density at radius 2 is 1.95 bits per heavy atom. The number of benzene rings is 1. The molecule has 0 spiro atoms. The van der Waals surface area contributed by atoms with Crippen LogP contribution in [0.3, 0.4) is 0 Å². The lowest BCUT2D eigenvalue weighted by Gasteiger charge is -2.22. The number of carboxylic acid groups (broad SMARTS) is 1. The van der Waals surface area contributed by atoms with Gasteiger partial charge in [-0.05, 0) is 38.0 Å². The second kappa shape index (κ2) is 5.48. The average Bonchev–Trinajstić information content (AvgIpc) is 2.27. The van der Waals surface area contributed by atoms with E-state index in [4.69, 9.17) is 16.7 Å². The average molecular weight is 286 g/mol. The molecule has 0 atom stereocenters. The van der Waals surface area contributed by atoms with Crippen molar-refractivity contribution in [1.29, 1.82) is 0 Å². The molecule has 104 valence electrons. The summed E-state index contributed by atoms with van der Waals surface area (Å²) in [5.41, 5.74) is -0.497. The van der Waals surface area contributed by atoms with Crippen molar-refractivity contribution in [2.45, 2.75) is 27.2 Å². The van der Waals surface area contributed by atoms with Gasteiger partial charge in [-0.15, -0.1) is 0 Å². The molecule has 3 N–H and O–H groups in total. The minimum Gasteiger partial charge on any atom is -0.506 e. The number of carbonyl (C=O) groups excluding carboxylic acids is 1. The quantitative estimate of drug-likeness (QED) is 0.742. The van der Waals surface area contributed by atoms with Gasteiger partial charge in [0.2, 0.25) is 5.91 Å². The summed E-state index contributed by atoms with van der Waals surface area (Å²) in [4.78, 5) is 22.3. The zero-order chi connectivity index (χ0) is 14.8. The van der Waals surface area contributed by atoms with Crippen LogP contribution in [0.2, 0.25) is 5.02 Å². The molecule has 0 unspecified atom stereocenters. The Balaban J connectivity index is 3.29. The van der Waals surface area contributed by atoms with Gasteiger partial charge in [-0.25, -0.2) is 0 Å². The molecule has 0 saturated heterocycles. The predicted octanol–water partition coefficient (Wildman–Crippen LogP) is 2.66. The molecule has 5 nitrogen and oxygen atoms in total. The Kier molecular flexibility index (Phi) is 4.42. The van der Waals surface area contributed by atoms with E-state index in [2.05, 4.69) is 5.32 Å². The molecule has 0 bridgehead atoms. The molecule has 1 rings (SSSR count). The van der Waals surface area contributed by atoms with E-state index < -0.39 is 11.4 Å². The summed E-state index contributed by atoms with van der Waals surface area (Å²) in [6.45, 7) is 4.40. The van der Waals surface area contributed by atoms with Gasteiger partial charge < -0.3 is 15.5 Å². The Bertz CT molecular complexity index is 526. The van der Waals surface area contributed by atoms with Crippen LogP contribution in [-0.4, -0.2) is 22.1 Å². The maximum atomic E-state index is 11.2. The molecule has 0 aliphatic carbocycles. The lowest BCUT2D eigenvalue weighted by molar-refractivity contribution is -0.146. The number of amides is 1. The third kappa shape index (κ3) is 3.61. The van der Waals surface area contributed by atoms with E-state index in [9.17, 15) is 14.7 Å². The second-order valence-corrected chi connectivity index (χ2v) is 5.37. The van der Waals surface area contributed by atoms with E-state index in [1.807, 2.05) is 0 Å². The van der Waals surface area contributed by atoms with E-state index in [0.29, 0.717) is 10.6 Å². The molecule has 0 aromatic heterocycles. The molecule has 0 saturated carbocycles. The predicted molar refractivity (Wildman–Crippen MR) is 72.5 cm³/mol. The Hall–Kier alpha value is -1.75. The molecular weight excluding hydrogens is 270 g/mol. The van der Waals surface area contributed by atoms with E-state index >= 15 is 0 Å². The first-order chi connectivity index (χ1) is 8.65. The number of phenols is 1. The fourth-order valence-electron chi connectivity index (χ4n) is 1.62. The highest BCUT2D eigenvalue weighted by molar-refractivity contribution is 6.32. The first-order valence-corrected chi connectivity index (χ1v) is 6.04. The summed E-state index contributed by atoms with van der Waals surface area (Å²) >= 11 is 6.04. The molecule has 6 heteroatoms. The lowest BCUT2D eigenvalue weighted by Crippen LogP contribution is -2.27. The van der Waals surface area contributed by atoms with Crippen LogP contribution in [0.4, 0.5) is 5.69 Å². The first kappa shape index (κ1) is 15.3. The normalized spacial score (nSPS) is 11.2. The van der Waals surface area contributed by atoms with Gasteiger partial charge in [-0.1, -0.05) is 11.6 Å². The third-order valence-corrected chi connectivity index (χ3v) is 3.09. The van der Waals surface area contributed by atoms with Crippen molar-refractivity contribution < 1.29 is 19.8 Å². The topological polar surface area (TPSA) is 86.6 Å². The number of hydrogen-bond acceptors (Lipinski definition) is 3. The van der Waals surface area contributed by atoms with Crippen molar-refractivity contribution in [3.05, 3.63) is 22.7 Å². The number of anilines is 1. The lowest BCUT2D eigenvalue weighted by atomic mass is 9.85. The van der Waals surface area contributed by atoms with E-state index in [1.165, 1.54) is 19.1 Å². The van der Waals surface area contributed by atoms with Crippen LogP contribution < -0.4 is 5.32 Å². The van der Waals surface area contributed by atoms with E-state index in [-0.39, 0.29) is 23.8 Å². The number of aliphatic carboxylic acids is 1. The number of rotatable bonds is 4. The molecule has 0 fully saturated rings. The SMILES string of the molecule is CC(=O)Nc1c(O)ccc(Cl)c1CC(C)(C)C(=O)O. The Morgan fingerprint density at radius 1 is 1.37 bits per heavy atom. The fraction of sp³-hybridized carbons (Fsp3) is 0.385. The number of phenolic OH excluding ortho intramolecular Hbond substituents is 1. The van der Waals surface area contributed by atoms with Crippen LogP contribution >= 0.6 is 11.6 Å². The van der Waals surface area contributed by atoms with Crippen LogP contribution in [0, 0.1) is 5.41 Å². The van der Waals surface area contributed by atoms with Crippen LogP contribution in [0.1, 0.15) is 26.3 Å². The highest BCUT2D eigenvalue weighted by atomic mass is 35.5. The number of carbonyl (C=O) groups is 2. The molecule has 1 aromatic rings. The maximum Gasteiger partial charge on any atom is 0.309 e. The van der Waals surface area contributed by atoms with Crippen LogP contribution in [0.25, 0.3) is 0 Å². The highest BCUT2D eigenvalue weighted by Gasteiger charge is 2.30. The molecule has 0 radical (unpaired) electrons. The van der Waals surface area contributed by atoms with Crippen molar-refractivity contribution >= 4 is 29.2 Å². The molecule has 1 amide bonds. The van der Waals surface area contributed by atoms with Gasteiger partial charge in [-0.3, -0.25) is 9.59 Å². The minimum absolute atomic E-state index is 0.0885. The van der Waals surface area contributed by atoms with Gasteiger partial charge in [0.05, 0.1) is 11.1 Å². The first-order valence-electron chi connectivity index (χ1n) is 5.66. The summed E-state index contributed by atoms with van der Waals surface area (Å²) in [6, 6.07) is 2.82. The summed E-state index contributed by atoms with van der Waals surface area (Å²) < 4.78 is 0. The van der Waals surface area contributed by atoms with E-state index in [0.717, 1.165) is 0 Å². The Labute approximate surface area is 116 Å². The Morgan fingerprint density at radius 3 is 2.42 bits per heavy atom. The fourth-order valence-corrected chi connectivity index (χ4v) is 1.84. The van der Waals surface area contributed by atoms with Gasteiger partial charge in [0.25, 0.3) is 0 Å². The minimum atomic E-state index is -1.06. The number of hydrogen-bond donors (Lipinski definition) is 3. The third-order valence-electron chi connectivity index (χ3n) is 2.73. The van der Waals surface area contributed by atoms with Gasteiger partial charge in [-0.2, -0.15) is 0 Å². The monoisotopic (exact) mass is 285 g/mol. The molecular formula is C13H16ClNO4. The number of nitrogens with one attached hydrogen (secondary N) is 1. The summed E-state index contributed by atoms with van der Waals surface area (Å²) in [5.74, 6) is -1.50. The van der Waals surface area contributed by atoms with Crippen molar-refractivity contribution in [2.75, 3.05) is 5.32 Å². The van der Waals surface area contributed by atoms with Crippen LogP contribution in [0.5, 0.6) is 5.75 Å². The largest absolute Gasteiger partial charge is 0.506 e. The second-order valence-electron chi connectivity index (χ2n) is 4.97. The number of carboxylic acids is 1. The van der Waals surface area contributed by atoms with Crippen molar-refractivity contribution in [3.63, 3.8) is 0 Å². The van der Waals surface area contributed by atoms with Gasteiger partial charge in [0.1, 0.15) is 5.75 Å². The van der Waals surface area contributed by atoms with E-state index in [1.54, 1.807) is 13.8 Å². The van der Waals surface area contributed by atoms with Gasteiger partial charge in [0.15, 0.2) is 0 Å². The molecule has 0 heterocycles. The zero-order valence-electron chi connectivity index (χ0n) is 11.0. The summed E-state index contributed by atoms with van der Waals surface area (Å²) in [6.07, 6.45) is 0.0885. The molecule has 1 aromatic carbocycles. The number of aromatic hydroxyl groups is 1. The van der Waals surface area contributed by atoms with Crippen molar-refractivity contribution in [1.82, 2.24) is 0 Å². The standard InChI is InChI=1S/C13H16ClNO4/c1-7(16)15-11-8(6-13(2,3)12(18)19)9(14)4-5-10(11)17/h4-5,17H,6H2,1-3H3,(H,15,16)(H,18,19).